The third-order valence-corrected chi connectivity index (χ3v) is 3.90. The Morgan fingerprint density at radius 2 is 2.00 bits per heavy atom. The Kier molecular flexibility index (Phi) is 4.86. The lowest BCUT2D eigenvalue weighted by Crippen LogP contribution is -2.12. The number of imidazole rings is 1. The minimum absolute atomic E-state index is 0.0605. The van der Waals surface area contributed by atoms with E-state index in [1.807, 2.05) is 18.7 Å². The summed E-state index contributed by atoms with van der Waals surface area (Å²) in [6.45, 7) is 3.77. The summed E-state index contributed by atoms with van der Waals surface area (Å²) in [4.78, 5) is 4.12. The Morgan fingerprint density at radius 3 is 2.77 bits per heavy atom. The lowest BCUT2D eigenvalue weighted by atomic mass is 10.0. The summed E-state index contributed by atoms with van der Waals surface area (Å²) in [5.74, 6) is 0. The molecule has 0 amide bonds. The van der Waals surface area contributed by atoms with E-state index < -0.39 is 0 Å². The molecule has 1 heterocycles. The smallest absolute Gasteiger partial charge is 0.100 e. The van der Waals surface area contributed by atoms with Crippen molar-refractivity contribution in [3.8, 4) is 0 Å². The summed E-state index contributed by atoms with van der Waals surface area (Å²) in [7, 11) is 0. The highest BCUT2D eigenvalue weighted by Crippen LogP contribution is 2.24. The van der Waals surface area contributed by atoms with Gasteiger partial charge in [-0.25, -0.2) is 4.98 Å². The molecule has 0 aliphatic heterocycles. The van der Waals surface area contributed by atoms with Crippen molar-refractivity contribution >= 4 is 10.8 Å². The Morgan fingerprint density at radius 1 is 1.14 bits per heavy atom. The van der Waals surface area contributed by atoms with Gasteiger partial charge in [-0.15, -0.1) is 0 Å². The van der Waals surface area contributed by atoms with Gasteiger partial charge in [-0.3, -0.25) is 0 Å². The first-order valence-electron chi connectivity index (χ1n) is 7.93. The normalized spacial score (nSPS) is 12.6. The fourth-order valence-electron chi connectivity index (χ4n) is 2.62. The molecule has 0 radical (unpaired) electrons. The second-order valence-electron chi connectivity index (χ2n) is 5.58. The van der Waals surface area contributed by atoms with Gasteiger partial charge >= 0.3 is 0 Å². The van der Waals surface area contributed by atoms with Gasteiger partial charge in [0.2, 0.25) is 0 Å². The summed E-state index contributed by atoms with van der Waals surface area (Å²) in [5, 5.41) is 2.52. The Labute approximate surface area is 131 Å². The van der Waals surface area contributed by atoms with E-state index >= 15 is 0 Å². The molecule has 0 fully saturated rings. The molecule has 0 saturated heterocycles. The average Bonchev–Trinajstić information content (AvgIpc) is 3.07. The Bertz CT molecular complexity index is 706. The van der Waals surface area contributed by atoms with Crippen LogP contribution in [0.15, 0.2) is 61.2 Å². The molecule has 0 aliphatic carbocycles. The van der Waals surface area contributed by atoms with Crippen LogP contribution in [-0.2, 0) is 11.3 Å². The summed E-state index contributed by atoms with van der Waals surface area (Å²) >= 11 is 0. The molecule has 0 aliphatic rings. The molecule has 2 aromatic carbocycles. The van der Waals surface area contributed by atoms with E-state index in [0.717, 1.165) is 26.0 Å². The summed E-state index contributed by atoms with van der Waals surface area (Å²) in [6, 6.07) is 15.0. The van der Waals surface area contributed by atoms with E-state index in [-0.39, 0.29) is 6.10 Å². The molecule has 22 heavy (non-hydrogen) atoms. The van der Waals surface area contributed by atoms with E-state index in [1.54, 1.807) is 0 Å². The largest absolute Gasteiger partial charge is 0.372 e. The fraction of sp³-hybridized carbons (Fsp3) is 0.316. The highest BCUT2D eigenvalue weighted by Gasteiger charge is 2.13. The van der Waals surface area contributed by atoms with Crippen molar-refractivity contribution in [2.75, 3.05) is 6.61 Å². The van der Waals surface area contributed by atoms with Crippen LogP contribution in [0, 0.1) is 0 Å². The highest BCUT2D eigenvalue weighted by molar-refractivity contribution is 5.83. The van der Waals surface area contributed by atoms with E-state index in [2.05, 4.69) is 58.9 Å². The second-order valence-corrected chi connectivity index (χ2v) is 5.58. The summed E-state index contributed by atoms with van der Waals surface area (Å²) < 4.78 is 8.22. The van der Waals surface area contributed by atoms with Gasteiger partial charge in [-0.05, 0) is 28.8 Å². The van der Waals surface area contributed by atoms with Crippen LogP contribution >= 0.6 is 0 Å². The highest BCUT2D eigenvalue weighted by atomic mass is 16.5. The molecule has 1 unspecified atom stereocenters. The number of unbranched alkanes of at least 4 members (excludes halogenated alkanes) is 1. The fourth-order valence-corrected chi connectivity index (χ4v) is 2.62. The van der Waals surface area contributed by atoms with Gasteiger partial charge in [0.15, 0.2) is 0 Å². The average molecular weight is 294 g/mol. The van der Waals surface area contributed by atoms with Crippen LogP contribution in [-0.4, -0.2) is 16.2 Å². The quantitative estimate of drug-likeness (QED) is 0.596. The van der Waals surface area contributed by atoms with E-state index in [4.69, 9.17) is 4.74 Å². The number of hydrogen-bond donors (Lipinski definition) is 0. The van der Waals surface area contributed by atoms with E-state index in [9.17, 15) is 0 Å². The van der Waals surface area contributed by atoms with Gasteiger partial charge in [0.05, 0.1) is 12.9 Å². The van der Waals surface area contributed by atoms with Crippen LogP contribution in [0.1, 0.15) is 31.4 Å². The van der Waals surface area contributed by atoms with E-state index in [0.29, 0.717) is 0 Å². The standard InChI is InChI=1S/C19H22N2O/c1-2-3-12-22-19(14-21-11-10-20-15-21)18-9-8-16-6-4-5-7-17(16)13-18/h4-11,13,15,19H,2-3,12,14H2,1H3. The minimum atomic E-state index is 0.0605. The molecular formula is C19H22N2O. The molecular weight excluding hydrogens is 272 g/mol. The molecule has 3 rings (SSSR count). The van der Waals surface area contributed by atoms with Crippen molar-refractivity contribution in [2.24, 2.45) is 0 Å². The first kappa shape index (κ1) is 14.8. The molecule has 0 spiro atoms. The van der Waals surface area contributed by atoms with Crippen LogP contribution in [0.25, 0.3) is 10.8 Å². The predicted octanol–water partition coefficient (Wildman–Crippen LogP) is 4.59. The lowest BCUT2D eigenvalue weighted by Gasteiger charge is -2.19. The van der Waals surface area contributed by atoms with Gasteiger partial charge in [0.25, 0.3) is 0 Å². The van der Waals surface area contributed by atoms with E-state index in [1.165, 1.54) is 16.3 Å². The van der Waals surface area contributed by atoms with Crippen LogP contribution in [0.2, 0.25) is 0 Å². The molecule has 1 atom stereocenters. The van der Waals surface area contributed by atoms with Crippen molar-refractivity contribution < 1.29 is 4.74 Å². The molecule has 3 aromatic rings. The summed E-state index contributed by atoms with van der Waals surface area (Å²) in [6.07, 6.45) is 7.94. The van der Waals surface area contributed by atoms with Gasteiger partial charge in [0, 0.05) is 19.0 Å². The number of ether oxygens (including phenoxy) is 1. The lowest BCUT2D eigenvalue weighted by molar-refractivity contribution is 0.0388. The maximum atomic E-state index is 6.14. The predicted molar refractivity (Wildman–Crippen MR) is 89.8 cm³/mol. The van der Waals surface area contributed by atoms with Crippen molar-refractivity contribution in [3.63, 3.8) is 0 Å². The second kappa shape index (κ2) is 7.23. The zero-order chi connectivity index (χ0) is 15.2. The SMILES string of the molecule is CCCCOC(Cn1ccnc1)c1ccc2ccccc2c1. The molecule has 0 N–H and O–H groups in total. The van der Waals surface area contributed by atoms with Gasteiger partial charge < -0.3 is 9.30 Å². The van der Waals surface area contributed by atoms with Crippen LogP contribution in [0.3, 0.4) is 0 Å². The molecule has 0 saturated carbocycles. The van der Waals surface area contributed by atoms with Gasteiger partial charge in [-0.2, -0.15) is 0 Å². The van der Waals surface area contributed by atoms with Crippen molar-refractivity contribution in [1.29, 1.82) is 0 Å². The number of benzene rings is 2. The van der Waals surface area contributed by atoms with Gasteiger partial charge in [0.1, 0.15) is 6.10 Å². The number of nitrogens with zero attached hydrogens (tertiary/aromatic N) is 2. The van der Waals surface area contributed by atoms with Crippen molar-refractivity contribution in [1.82, 2.24) is 9.55 Å². The van der Waals surface area contributed by atoms with Crippen molar-refractivity contribution in [3.05, 3.63) is 66.7 Å². The van der Waals surface area contributed by atoms with Crippen LogP contribution < -0.4 is 0 Å². The number of rotatable bonds is 7. The number of hydrogen-bond acceptors (Lipinski definition) is 2. The van der Waals surface area contributed by atoms with Crippen LogP contribution in [0.5, 0.6) is 0 Å². The maximum absolute atomic E-state index is 6.14. The van der Waals surface area contributed by atoms with Gasteiger partial charge in [-0.1, -0.05) is 49.7 Å². The third-order valence-electron chi connectivity index (χ3n) is 3.90. The van der Waals surface area contributed by atoms with Crippen LogP contribution in [0.4, 0.5) is 0 Å². The van der Waals surface area contributed by atoms with Crippen molar-refractivity contribution in [2.45, 2.75) is 32.4 Å². The third kappa shape index (κ3) is 3.55. The molecule has 1 aromatic heterocycles. The molecule has 3 nitrogen and oxygen atoms in total. The first-order chi connectivity index (χ1) is 10.9. The molecule has 0 bridgehead atoms. The topological polar surface area (TPSA) is 27.1 Å². The first-order valence-corrected chi connectivity index (χ1v) is 7.93. The number of aromatic nitrogens is 2. The Hall–Kier alpha value is -2.13. The maximum Gasteiger partial charge on any atom is 0.100 e. The minimum Gasteiger partial charge on any atom is -0.372 e. The molecule has 114 valence electrons. The monoisotopic (exact) mass is 294 g/mol. The Balaban J connectivity index is 1.84. The zero-order valence-electron chi connectivity index (χ0n) is 13.0. The number of fused-ring (bicyclic) bond motifs is 1. The zero-order valence-corrected chi connectivity index (χ0v) is 13.0. The molecule has 3 heteroatoms. The summed E-state index contributed by atoms with van der Waals surface area (Å²) in [5.41, 5.74) is 1.23.